The van der Waals surface area contributed by atoms with E-state index in [4.69, 9.17) is 0 Å². The summed E-state index contributed by atoms with van der Waals surface area (Å²) in [6.45, 7) is 2.35. The van der Waals surface area contributed by atoms with Gasteiger partial charge in [0.2, 0.25) is 0 Å². The lowest BCUT2D eigenvalue weighted by Gasteiger charge is -2.30. The Morgan fingerprint density at radius 3 is 2.71 bits per heavy atom. The normalized spacial score (nSPS) is 25.1. The number of nitrogens with one attached hydrogen (secondary N) is 1. The van der Waals surface area contributed by atoms with Gasteiger partial charge in [-0.05, 0) is 59.3 Å². The fourth-order valence-corrected chi connectivity index (χ4v) is 4.07. The quantitative estimate of drug-likeness (QED) is 0.872. The smallest absolute Gasteiger partial charge is 0.0701 e. The molecule has 17 heavy (non-hydrogen) atoms. The van der Waals surface area contributed by atoms with Gasteiger partial charge in [0, 0.05) is 18.0 Å². The first-order valence-electron chi connectivity index (χ1n) is 6.35. The molecule has 2 unspecified atom stereocenters. The molecule has 1 fully saturated rings. The molecule has 0 aliphatic heterocycles. The van der Waals surface area contributed by atoms with Crippen molar-refractivity contribution in [3.05, 3.63) is 20.8 Å². The van der Waals surface area contributed by atoms with E-state index in [9.17, 15) is 5.11 Å². The first kappa shape index (κ1) is 13.5. The molecule has 0 radical (unpaired) electrons. The molecule has 96 valence electrons. The SMILES string of the molecule is OCC1CCCCC1CNCc1ccc(Br)s1. The zero-order valence-corrected chi connectivity index (χ0v) is 12.4. The highest BCUT2D eigenvalue weighted by Gasteiger charge is 2.23. The fraction of sp³-hybridized carbons (Fsp3) is 0.692. The van der Waals surface area contributed by atoms with Crippen LogP contribution in [0.2, 0.25) is 0 Å². The maximum absolute atomic E-state index is 9.35. The Hall–Kier alpha value is 0.1000. The van der Waals surface area contributed by atoms with Crippen LogP contribution in [0.5, 0.6) is 0 Å². The average Bonchev–Trinajstić information content (AvgIpc) is 2.76. The third-order valence-electron chi connectivity index (χ3n) is 3.64. The molecule has 1 aromatic heterocycles. The Balaban J connectivity index is 1.73. The lowest BCUT2D eigenvalue weighted by Crippen LogP contribution is -2.32. The molecule has 2 atom stereocenters. The standard InChI is InChI=1S/C13H20BrNOS/c14-13-6-5-12(17-13)8-15-7-10-3-1-2-4-11(10)9-16/h5-6,10-11,15-16H,1-4,7-9H2. The van der Waals surface area contributed by atoms with Crippen molar-refractivity contribution in [2.45, 2.75) is 32.2 Å². The summed E-state index contributed by atoms with van der Waals surface area (Å²) in [5.41, 5.74) is 0. The van der Waals surface area contributed by atoms with Crippen molar-refractivity contribution in [1.82, 2.24) is 5.32 Å². The average molecular weight is 318 g/mol. The third-order valence-corrected chi connectivity index (χ3v) is 5.26. The molecule has 0 saturated heterocycles. The topological polar surface area (TPSA) is 32.3 Å². The van der Waals surface area contributed by atoms with Crippen LogP contribution >= 0.6 is 27.3 Å². The van der Waals surface area contributed by atoms with E-state index < -0.39 is 0 Å². The maximum atomic E-state index is 9.35. The van der Waals surface area contributed by atoms with E-state index in [2.05, 4.69) is 33.4 Å². The van der Waals surface area contributed by atoms with Crippen molar-refractivity contribution < 1.29 is 5.11 Å². The largest absolute Gasteiger partial charge is 0.396 e. The minimum atomic E-state index is 0.358. The zero-order valence-electron chi connectivity index (χ0n) is 9.99. The lowest BCUT2D eigenvalue weighted by atomic mass is 9.79. The molecule has 1 saturated carbocycles. The number of aliphatic hydroxyl groups excluding tert-OH is 1. The summed E-state index contributed by atoms with van der Waals surface area (Å²) in [6, 6.07) is 4.25. The Morgan fingerprint density at radius 1 is 1.29 bits per heavy atom. The predicted molar refractivity (Wildman–Crippen MR) is 76.3 cm³/mol. The van der Waals surface area contributed by atoms with Gasteiger partial charge in [0.25, 0.3) is 0 Å². The van der Waals surface area contributed by atoms with Crippen molar-refractivity contribution in [2.75, 3.05) is 13.2 Å². The van der Waals surface area contributed by atoms with Gasteiger partial charge in [0.1, 0.15) is 0 Å². The second kappa shape index (κ2) is 6.88. The number of aliphatic hydroxyl groups is 1. The number of rotatable bonds is 5. The highest BCUT2D eigenvalue weighted by molar-refractivity contribution is 9.11. The van der Waals surface area contributed by atoms with Crippen molar-refractivity contribution in [3.8, 4) is 0 Å². The van der Waals surface area contributed by atoms with Gasteiger partial charge in [-0.25, -0.2) is 0 Å². The highest BCUT2D eigenvalue weighted by Crippen LogP contribution is 2.29. The summed E-state index contributed by atoms with van der Waals surface area (Å²) in [5, 5.41) is 12.9. The van der Waals surface area contributed by atoms with Gasteiger partial charge in [-0.3, -0.25) is 0 Å². The van der Waals surface area contributed by atoms with Crippen LogP contribution in [0.1, 0.15) is 30.6 Å². The van der Waals surface area contributed by atoms with Crippen molar-refractivity contribution in [3.63, 3.8) is 0 Å². The van der Waals surface area contributed by atoms with E-state index in [1.54, 1.807) is 11.3 Å². The molecule has 4 heteroatoms. The molecular weight excluding hydrogens is 298 g/mol. The van der Waals surface area contributed by atoms with Gasteiger partial charge in [0.05, 0.1) is 3.79 Å². The monoisotopic (exact) mass is 317 g/mol. The van der Waals surface area contributed by atoms with Gasteiger partial charge in [0.15, 0.2) is 0 Å². The Kier molecular flexibility index (Phi) is 5.48. The summed E-state index contributed by atoms with van der Waals surface area (Å²) in [7, 11) is 0. The van der Waals surface area contributed by atoms with Gasteiger partial charge >= 0.3 is 0 Å². The fourth-order valence-electron chi connectivity index (χ4n) is 2.62. The van der Waals surface area contributed by atoms with Gasteiger partial charge < -0.3 is 10.4 Å². The van der Waals surface area contributed by atoms with Crippen LogP contribution in [-0.4, -0.2) is 18.3 Å². The van der Waals surface area contributed by atoms with Gasteiger partial charge in [-0.15, -0.1) is 11.3 Å². The van der Waals surface area contributed by atoms with Crippen LogP contribution in [-0.2, 0) is 6.54 Å². The molecule has 0 amide bonds. The summed E-state index contributed by atoms with van der Waals surface area (Å²) in [5.74, 6) is 1.18. The maximum Gasteiger partial charge on any atom is 0.0701 e. The van der Waals surface area contributed by atoms with Crippen molar-refractivity contribution in [2.24, 2.45) is 11.8 Å². The number of hydrogen-bond acceptors (Lipinski definition) is 3. The van der Waals surface area contributed by atoms with Gasteiger partial charge in [-0.1, -0.05) is 12.8 Å². The number of thiophene rings is 1. The zero-order chi connectivity index (χ0) is 12.1. The molecule has 0 bridgehead atoms. The summed E-state index contributed by atoms with van der Waals surface area (Å²) >= 11 is 5.26. The van der Waals surface area contributed by atoms with E-state index >= 15 is 0 Å². The molecule has 0 spiro atoms. The Labute approximate surface area is 116 Å². The molecule has 2 N–H and O–H groups in total. The number of halogens is 1. The molecule has 1 aliphatic rings. The molecule has 0 aromatic carbocycles. The molecule has 1 heterocycles. The van der Waals surface area contributed by atoms with Gasteiger partial charge in [-0.2, -0.15) is 0 Å². The molecule has 1 aliphatic carbocycles. The highest BCUT2D eigenvalue weighted by atomic mass is 79.9. The lowest BCUT2D eigenvalue weighted by molar-refractivity contribution is 0.133. The first-order valence-corrected chi connectivity index (χ1v) is 7.96. The van der Waals surface area contributed by atoms with Crippen LogP contribution < -0.4 is 5.32 Å². The first-order chi connectivity index (χ1) is 8.29. The van der Waals surface area contributed by atoms with E-state index in [0.29, 0.717) is 18.4 Å². The van der Waals surface area contributed by atoms with E-state index in [-0.39, 0.29) is 0 Å². The third kappa shape index (κ3) is 4.05. The Morgan fingerprint density at radius 2 is 2.06 bits per heavy atom. The van der Waals surface area contributed by atoms with Crippen molar-refractivity contribution >= 4 is 27.3 Å². The summed E-state index contributed by atoms with van der Waals surface area (Å²) in [6.07, 6.45) is 5.09. The van der Waals surface area contributed by atoms with Crippen LogP contribution in [0.25, 0.3) is 0 Å². The van der Waals surface area contributed by atoms with E-state index in [0.717, 1.165) is 13.1 Å². The van der Waals surface area contributed by atoms with Crippen LogP contribution in [0.4, 0.5) is 0 Å². The van der Waals surface area contributed by atoms with Crippen LogP contribution in [0, 0.1) is 11.8 Å². The number of hydrogen-bond donors (Lipinski definition) is 2. The van der Waals surface area contributed by atoms with E-state index in [1.165, 1.54) is 34.3 Å². The van der Waals surface area contributed by atoms with Crippen molar-refractivity contribution in [1.29, 1.82) is 0 Å². The molecular formula is C13H20BrNOS. The van der Waals surface area contributed by atoms with Crippen LogP contribution in [0.15, 0.2) is 15.9 Å². The van der Waals surface area contributed by atoms with E-state index in [1.807, 2.05) is 0 Å². The summed E-state index contributed by atoms with van der Waals surface area (Å²) < 4.78 is 1.19. The second-order valence-corrected chi connectivity index (χ2v) is 7.37. The molecule has 2 nitrogen and oxygen atoms in total. The summed E-state index contributed by atoms with van der Waals surface area (Å²) in [4.78, 5) is 1.37. The van der Waals surface area contributed by atoms with Crippen LogP contribution in [0.3, 0.4) is 0 Å². The minimum absolute atomic E-state index is 0.358. The molecule has 2 rings (SSSR count). The molecule has 1 aromatic rings. The predicted octanol–water partition coefficient (Wildman–Crippen LogP) is 3.40. The second-order valence-electron chi connectivity index (χ2n) is 4.82. The minimum Gasteiger partial charge on any atom is -0.396 e. The Bertz CT molecular complexity index is 342.